The Balaban J connectivity index is 1.52. The van der Waals surface area contributed by atoms with Gasteiger partial charge in [0.1, 0.15) is 12.7 Å². The van der Waals surface area contributed by atoms with Crippen LogP contribution in [0, 0.1) is 0 Å². The van der Waals surface area contributed by atoms with Crippen LogP contribution < -0.4 is 10.6 Å². The van der Waals surface area contributed by atoms with Crippen LogP contribution in [0.3, 0.4) is 0 Å². The molecule has 1 aliphatic rings. The Hall–Kier alpha value is -2.22. The van der Waals surface area contributed by atoms with E-state index in [4.69, 9.17) is 0 Å². The first-order valence-electron chi connectivity index (χ1n) is 9.92. The normalized spacial score (nSPS) is 21.3. The van der Waals surface area contributed by atoms with Crippen molar-refractivity contribution in [2.45, 2.75) is 57.0 Å². The van der Waals surface area contributed by atoms with Gasteiger partial charge >= 0.3 is 0 Å². The van der Waals surface area contributed by atoms with Gasteiger partial charge < -0.3 is 10.6 Å². The molecule has 0 aliphatic heterocycles. The zero-order valence-corrected chi connectivity index (χ0v) is 17.5. The third-order valence-corrected chi connectivity index (χ3v) is 6.85. The Morgan fingerprint density at radius 3 is 2.96 bits per heavy atom. The van der Waals surface area contributed by atoms with Gasteiger partial charge in [-0.05, 0) is 30.4 Å². The van der Waals surface area contributed by atoms with E-state index in [-0.39, 0.29) is 0 Å². The lowest BCUT2D eigenvalue weighted by atomic mass is 9.95. The predicted octanol–water partition coefficient (Wildman–Crippen LogP) is 2.07. The number of aliphatic imine (C=N–C) groups is 1. The van der Waals surface area contributed by atoms with Gasteiger partial charge in [-0.1, -0.05) is 37.6 Å². The summed E-state index contributed by atoms with van der Waals surface area (Å²) in [4.78, 5) is 8.35. The lowest BCUT2D eigenvalue weighted by Crippen LogP contribution is -2.46. The molecule has 1 heterocycles. The number of rotatable bonds is 7. The van der Waals surface area contributed by atoms with Crippen LogP contribution in [0.15, 0.2) is 41.9 Å². The molecule has 28 heavy (non-hydrogen) atoms. The Kier molecular flexibility index (Phi) is 7.59. The molecule has 0 spiro atoms. The second kappa shape index (κ2) is 10.4. The molecule has 1 saturated carbocycles. The van der Waals surface area contributed by atoms with Crippen LogP contribution in [0.1, 0.15) is 43.7 Å². The number of benzene rings is 1. The molecule has 2 aromatic rings. The number of nitrogens with zero attached hydrogens (tertiary/aromatic N) is 4. The van der Waals surface area contributed by atoms with Gasteiger partial charge in [0.25, 0.3) is 0 Å². The molecule has 8 heteroatoms. The molecule has 3 unspecified atom stereocenters. The first-order valence-corrected chi connectivity index (χ1v) is 11.3. The maximum Gasteiger partial charge on any atom is 0.191 e. The van der Waals surface area contributed by atoms with E-state index in [0.29, 0.717) is 24.4 Å². The van der Waals surface area contributed by atoms with Crippen LogP contribution in [-0.4, -0.2) is 49.0 Å². The van der Waals surface area contributed by atoms with Crippen molar-refractivity contribution in [3.8, 4) is 0 Å². The van der Waals surface area contributed by atoms with Crippen molar-refractivity contribution in [2.24, 2.45) is 4.99 Å². The molecule has 3 atom stereocenters. The first kappa shape index (κ1) is 20.5. The highest BCUT2D eigenvalue weighted by Crippen LogP contribution is 2.23. The van der Waals surface area contributed by atoms with Crippen molar-refractivity contribution in [3.05, 3.63) is 48.0 Å². The van der Waals surface area contributed by atoms with Gasteiger partial charge in [-0.3, -0.25) is 9.20 Å². The molecule has 0 radical (unpaired) electrons. The number of aromatic nitrogens is 3. The van der Waals surface area contributed by atoms with Crippen LogP contribution in [-0.2, 0) is 23.9 Å². The lowest BCUT2D eigenvalue weighted by Gasteiger charge is -2.30. The van der Waals surface area contributed by atoms with E-state index in [1.807, 2.05) is 11.6 Å². The number of hydrogen-bond acceptors (Lipinski definition) is 4. The Morgan fingerprint density at radius 2 is 2.21 bits per heavy atom. The fourth-order valence-electron chi connectivity index (χ4n) is 3.66. The fourth-order valence-corrected chi connectivity index (χ4v) is 5.01. The SMILES string of the molecule is CCS(=O)C1CCCC(NC(=NC)NCc2cccc(Cn3cncn3)c2)C1. The van der Waals surface area contributed by atoms with E-state index >= 15 is 0 Å². The summed E-state index contributed by atoms with van der Waals surface area (Å²) < 4.78 is 14.0. The van der Waals surface area contributed by atoms with Gasteiger partial charge in [0, 0.05) is 41.4 Å². The summed E-state index contributed by atoms with van der Waals surface area (Å²) in [5.74, 6) is 1.55. The summed E-state index contributed by atoms with van der Waals surface area (Å²) >= 11 is 0. The Bertz CT molecular complexity index is 792. The summed E-state index contributed by atoms with van der Waals surface area (Å²) in [7, 11) is 1.08. The molecule has 0 amide bonds. The second-order valence-corrected chi connectivity index (χ2v) is 9.14. The van der Waals surface area contributed by atoms with Gasteiger partial charge in [0.15, 0.2) is 5.96 Å². The van der Waals surface area contributed by atoms with Crippen LogP contribution >= 0.6 is 0 Å². The standard InChI is InChI=1S/C20H30N6OS/c1-3-28(27)19-9-5-8-18(11-19)25-20(21-2)23-12-16-6-4-7-17(10-16)13-26-15-22-14-24-26/h4,6-7,10,14-15,18-19H,3,5,8-9,11-13H2,1-2H3,(H2,21,23,25). The predicted molar refractivity (Wildman–Crippen MR) is 114 cm³/mol. The maximum absolute atomic E-state index is 12.2. The quantitative estimate of drug-likeness (QED) is 0.547. The van der Waals surface area contributed by atoms with E-state index in [1.165, 1.54) is 11.1 Å². The molecular weight excluding hydrogens is 372 g/mol. The molecule has 3 rings (SSSR count). The topological polar surface area (TPSA) is 84.2 Å². The zero-order chi connectivity index (χ0) is 19.8. The smallest absolute Gasteiger partial charge is 0.191 e. The van der Waals surface area contributed by atoms with E-state index < -0.39 is 10.8 Å². The second-order valence-electron chi connectivity index (χ2n) is 7.14. The van der Waals surface area contributed by atoms with E-state index in [0.717, 1.165) is 37.4 Å². The number of guanidine groups is 1. The molecule has 7 nitrogen and oxygen atoms in total. The third kappa shape index (κ3) is 5.89. The van der Waals surface area contributed by atoms with Crippen molar-refractivity contribution >= 4 is 16.8 Å². The summed E-state index contributed by atoms with van der Waals surface area (Å²) in [6.45, 7) is 3.41. The molecule has 1 fully saturated rings. The summed E-state index contributed by atoms with van der Waals surface area (Å²) in [6.07, 6.45) is 7.52. The number of hydrogen-bond donors (Lipinski definition) is 2. The minimum Gasteiger partial charge on any atom is -0.354 e. The van der Waals surface area contributed by atoms with Crippen molar-refractivity contribution in [2.75, 3.05) is 12.8 Å². The lowest BCUT2D eigenvalue weighted by molar-refractivity contribution is 0.413. The maximum atomic E-state index is 12.2. The minimum absolute atomic E-state index is 0.308. The van der Waals surface area contributed by atoms with E-state index in [9.17, 15) is 4.21 Å². The van der Waals surface area contributed by atoms with Crippen LogP contribution in [0.5, 0.6) is 0 Å². The minimum atomic E-state index is -0.713. The molecule has 1 aliphatic carbocycles. The first-order chi connectivity index (χ1) is 13.7. The third-order valence-electron chi connectivity index (χ3n) is 5.11. The van der Waals surface area contributed by atoms with Crippen LogP contribution in [0.25, 0.3) is 0 Å². The summed E-state index contributed by atoms with van der Waals surface area (Å²) in [5, 5.41) is 11.4. The van der Waals surface area contributed by atoms with Crippen LogP contribution in [0.4, 0.5) is 0 Å². The summed E-state index contributed by atoms with van der Waals surface area (Å²) in [6, 6.07) is 8.76. The zero-order valence-electron chi connectivity index (χ0n) is 16.7. The van der Waals surface area contributed by atoms with Gasteiger partial charge in [-0.2, -0.15) is 5.10 Å². The highest BCUT2D eigenvalue weighted by Gasteiger charge is 2.25. The monoisotopic (exact) mass is 402 g/mol. The largest absolute Gasteiger partial charge is 0.354 e. The van der Waals surface area contributed by atoms with E-state index in [2.05, 4.69) is 50.0 Å². The Labute approximate surface area is 169 Å². The molecule has 0 bridgehead atoms. The van der Waals surface area contributed by atoms with Crippen LogP contribution in [0.2, 0.25) is 0 Å². The summed E-state index contributed by atoms with van der Waals surface area (Å²) in [5.41, 5.74) is 2.37. The molecule has 2 N–H and O–H groups in total. The molecule has 0 saturated heterocycles. The van der Waals surface area contributed by atoms with Crippen molar-refractivity contribution in [3.63, 3.8) is 0 Å². The van der Waals surface area contributed by atoms with Crippen molar-refractivity contribution < 1.29 is 4.21 Å². The Morgan fingerprint density at radius 1 is 1.36 bits per heavy atom. The van der Waals surface area contributed by atoms with Crippen molar-refractivity contribution in [1.29, 1.82) is 0 Å². The van der Waals surface area contributed by atoms with Crippen molar-refractivity contribution in [1.82, 2.24) is 25.4 Å². The highest BCUT2D eigenvalue weighted by molar-refractivity contribution is 7.85. The average molecular weight is 403 g/mol. The van der Waals surface area contributed by atoms with Gasteiger partial charge in [-0.25, -0.2) is 9.67 Å². The van der Waals surface area contributed by atoms with Gasteiger partial charge in [0.05, 0.1) is 6.54 Å². The fraction of sp³-hybridized carbons (Fsp3) is 0.550. The molecule has 1 aromatic heterocycles. The average Bonchev–Trinajstić information content (AvgIpc) is 3.24. The van der Waals surface area contributed by atoms with E-state index in [1.54, 1.807) is 19.7 Å². The molecular formula is C20H30N6OS. The number of nitrogens with one attached hydrogen (secondary N) is 2. The van der Waals surface area contributed by atoms with Gasteiger partial charge in [0.2, 0.25) is 0 Å². The highest BCUT2D eigenvalue weighted by atomic mass is 32.2. The molecule has 1 aromatic carbocycles. The van der Waals surface area contributed by atoms with Gasteiger partial charge in [-0.15, -0.1) is 0 Å². The molecule has 152 valence electrons.